The van der Waals surface area contributed by atoms with Gasteiger partial charge in [0, 0.05) is 11.6 Å². The van der Waals surface area contributed by atoms with Gasteiger partial charge in [-0.3, -0.25) is 11.3 Å². The molecule has 0 fully saturated rings. The molecule has 0 bridgehead atoms. The first-order valence-electron chi connectivity index (χ1n) is 3.78. The molecule has 0 aliphatic rings. The summed E-state index contributed by atoms with van der Waals surface area (Å²) in [5.74, 6) is -1.58. The van der Waals surface area contributed by atoms with Crippen LogP contribution in [-0.4, -0.2) is 0 Å². The van der Waals surface area contributed by atoms with Crippen LogP contribution >= 0.6 is 0 Å². The van der Waals surface area contributed by atoms with E-state index >= 15 is 0 Å². The topological polar surface area (TPSA) is 38.0 Å². The third kappa shape index (κ3) is 1.71. The van der Waals surface area contributed by atoms with E-state index in [4.69, 9.17) is 5.84 Å². The molecule has 0 radical (unpaired) electrons. The summed E-state index contributed by atoms with van der Waals surface area (Å²) in [6.07, 6.45) is 0. The lowest BCUT2D eigenvalue weighted by Gasteiger charge is -2.12. The van der Waals surface area contributed by atoms with Crippen LogP contribution in [0, 0.1) is 23.3 Å². The van der Waals surface area contributed by atoms with Gasteiger partial charge in [0.2, 0.25) is 0 Å². The van der Waals surface area contributed by atoms with Gasteiger partial charge in [-0.15, -0.1) is 0 Å². The van der Waals surface area contributed by atoms with Crippen molar-refractivity contribution in [2.45, 2.75) is 13.0 Å². The number of rotatable bonds is 2. The largest absolute Gasteiger partial charge is 0.271 e. The van der Waals surface area contributed by atoms with Crippen LogP contribution < -0.4 is 11.3 Å². The number of benzene rings is 1. The quantitative estimate of drug-likeness (QED) is 0.255. The van der Waals surface area contributed by atoms with Crippen LogP contribution in [0.4, 0.5) is 17.6 Å². The number of hydrazine groups is 1. The Morgan fingerprint density at radius 3 is 2.21 bits per heavy atom. The molecule has 0 saturated heterocycles. The molecule has 1 aromatic carbocycles. The highest BCUT2D eigenvalue weighted by Gasteiger charge is 2.21. The molecule has 0 unspecified atom stereocenters. The second kappa shape index (κ2) is 3.93. The summed E-state index contributed by atoms with van der Waals surface area (Å²) >= 11 is 0. The van der Waals surface area contributed by atoms with Crippen LogP contribution in [0.2, 0.25) is 0 Å². The minimum Gasteiger partial charge on any atom is -0.271 e. The maximum Gasteiger partial charge on any atom is 0.197 e. The van der Waals surface area contributed by atoms with Gasteiger partial charge in [0.15, 0.2) is 23.3 Å². The molecule has 0 saturated carbocycles. The Labute approximate surface area is 77.7 Å². The van der Waals surface area contributed by atoms with Crippen molar-refractivity contribution >= 4 is 0 Å². The lowest BCUT2D eigenvalue weighted by Crippen LogP contribution is -2.27. The van der Waals surface area contributed by atoms with E-state index in [0.29, 0.717) is 6.07 Å². The van der Waals surface area contributed by atoms with Gasteiger partial charge in [0.1, 0.15) is 0 Å². The van der Waals surface area contributed by atoms with E-state index in [1.54, 1.807) is 0 Å². The lowest BCUT2D eigenvalue weighted by atomic mass is 10.1. The summed E-state index contributed by atoms with van der Waals surface area (Å²) in [4.78, 5) is 0. The number of nitrogens with one attached hydrogen (secondary N) is 1. The third-order valence-electron chi connectivity index (χ3n) is 1.85. The summed E-state index contributed by atoms with van der Waals surface area (Å²) < 4.78 is 50.9. The van der Waals surface area contributed by atoms with Crippen LogP contribution in [0.1, 0.15) is 18.5 Å². The molecule has 2 nitrogen and oxygen atoms in total. The Morgan fingerprint density at radius 1 is 1.14 bits per heavy atom. The molecule has 1 rings (SSSR count). The SMILES string of the molecule is C[C@H](NN)c1cc(F)c(F)c(F)c1F. The van der Waals surface area contributed by atoms with Crippen molar-refractivity contribution in [3.63, 3.8) is 0 Å². The van der Waals surface area contributed by atoms with Crippen molar-refractivity contribution in [3.05, 3.63) is 34.9 Å². The smallest absolute Gasteiger partial charge is 0.197 e. The van der Waals surface area contributed by atoms with Gasteiger partial charge in [-0.2, -0.15) is 0 Å². The molecule has 0 spiro atoms. The Bertz CT molecular complexity index is 354. The molecule has 0 aromatic heterocycles. The predicted molar refractivity (Wildman–Crippen MR) is 42.0 cm³/mol. The second-order valence-corrected chi connectivity index (χ2v) is 2.78. The minimum atomic E-state index is -1.83. The molecule has 0 heterocycles. The first kappa shape index (κ1) is 10.9. The van der Waals surface area contributed by atoms with Crippen molar-refractivity contribution < 1.29 is 17.6 Å². The second-order valence-electron chi connectivity index (χ2n) is 2.78. The van der Waals surface area contributed by atoms with Gasteiger partial charge in [0.25, 0.3) is 0 Å². The molecule has 3 N–H and O–H groups in total. The van der Waals surface area contributed by atoms with Crippen molar-refractivity contribution in [2.75, 3.05) is 0 Å². The van der Waals surface area contributed by atoms with E-state index in [-0.39, 0.29) is 5.56 Å². The first-order valence-corrected chi connectivity index (χ1v) is 3.78. The molecule has 1 aromatic rings. The highest BCUT2D eigenvalue weighted by Crippen LogP contribution is 2.22. The standard InChI is InChI=1S/C8H8F4N2/c1-3(14-13)4-2-5(9)7(11)8(12)6(4)10/h2-3,14H,13H2,1H3/t3-/m0/s1. The van der Waals surface area contributed by atoms with Crippen molar-refractivity contribution in [1.29, 1.82) is 0 Å². The van der Waals surface area contributed by atoms with E-state index in [1.165, 1.54) is 6.92 Å². The zero-order valence-electron chi connectivity index (χ0n) is 7.24. The van der Waals surface area contributed by atoms with Gasteiger partial charge in [-0.25, -0.2) is 17.6 Å². The number of halogens is 4. The van der Waals surface area contributed by atoms with Gasteiger partial charge in [0.05, 0.1) is 0 Å². The number of hydrogen-bond acceptors (Lipinski definition) is 2. The van der Waals surface area contributed by atoms with Crippen molar-refractivity contribution in [3.8, 4) is 0 Å². The number of hydrogen-bond donors (Lipinski definition) is 2. The fourth-order valence-electron chi connectivity index (χ4n) is 0.996. The summed E-state index contributed by atoms with van der Waals surface area (Å²) in [5.41, 5.74) is 1.74. The minimum absolute atomic E-state index is 0.358. The molecule has 1 atom stereocenters. The first-order chi connectivity index (χ1) is 6.49. The normalized spacial score (nSPS) is 13.0. The molecule has 0 aliphatic carbocycles. The summed E-state index contributed by atoms with van der Waals surface area (Å²) in [7, 11) is 0. The number of nitrogens with two attached hydrogens (primary N) is 1. The van der Waals surface area contributed by atoms with E-state index in [0.717, 1.165) is 0 Å². The summed E-state index contributed by atoms with van der Waals surface area (Å²) in [6, 6.07) is -0.238. The fraction of sp³-hybridized carbons (Fsp3) is 0.250. The molecule has 14 heavy (non-hydrogen) atoms. The molecule has 6 heteroatoms. The van der Waals surface area contributed by atoms with Gasteiger partial charge in [-0.1, -0.05) is 0 Å². The van der Waals surface area contributed by atoms with Crippen LogP contribution in [0.25, 0.3) is 0 Å². The maximum absolute atomic E-state index is 13.0. The van der Waals surface area contributed by atoms with Crippen molar-refractivity contribution in [2.24, 2.45) is 5.84 Å². The maximum atomic E-state index is 13.0. The summed E-state index contributed by atoms with van der Waals surface area (Å²) in [6.45, 7) is 1.38. The monoisotopic (exact) mass is 208 g/mol. The molecule has 0 aliphatic heterocycles. The zero-order valence-corrected chi connectivity index (χ0v) is 7.24. The van der Waals surface area contributed by atoms with Crippen LogP contribution in [0.15, 0.2) is 6.07 Å². The van der Waals surface area contributed by atoms with Gasteiger partial charge in [-0.05, 0) is 13.0 Å². The highest BCUT2D eigenvalue weighted by molar-refractivity contribution is 5.24. The van der Waals surface area contributed by atoms with Crippen LogP contribution in [0.5, 0.6) is 0 Å². The Morgan fingerprint density at radius 2 is 1.71 bits per heavy atom. The molecular formula is C8H8F4N2. The summed E-state index contributed by atoms with van der Waals surface area (Å²) in [5, 5.41) is 0. The van der Waals surface area contributed by atoms with Crippen LogP contribution in [-0.2, 0) is 0 Å². The van der Waals surface area contributed by atoms with E-state index in [9.17, 15) is 17.6 Å². The van der Waals surface area contributed by atoms with Gasteiger partial charge < -0.3 is 0 Å². The van der Waals surface area contributed by atoms with Crippen LogP contribution in [0.3, 0.4) is 0 Å². The van der Waals surface area contributed by atoms with E-state index < -0.39 is 29.3 Å². The highest BCUT2D eigenvalue weighted by atomic mass is 19.2. The molecule has 78 valence electrons. The Balaban J connectivity index is 3.33. The molecular weight excluding hydrogens is 200 g/mol. The Kier molecular flexibility index (Phi) is 3.07. The average molecular weight is 208 g/mol. The molecule has 0 amide bonds. The van der Waals surface area contributed by atoms with Gasteiger partial charge >= 0.3 is 0 Å². The fourth-order valence-corrected chi connectivity index (χ4v) is 0.996. The van der Waals surface area contributed by atoms with Crippen molar-refractivity contribution in [1.82, 2.24) is 5.43 Å². The zero-order chi connectivity index (χ0) is 10.9. The van der Waals surface area contributed by atoms with E-state index in [1.807, 2.05) is 0 Å². The third-order valence-corrected chi connectivity index (χ3v) is 1.85. The Hall–Kier alpha value is -1.14. The average Bonchev–Trinajstić information content (AvgIpc) is 2.19. The van der Waals surface area contributed by atoms with E-state index in [2.05, 4.69) is 5.43 Å². The predicted octanol–water partition coefficient (Wildman–Crippen LogP) is 1.77. The lowest BCUT2D eigenvalue weighted by molar-refractivity contribution is 0.396.